The zero-order valence-electron chi connectivity index (χ0n) is 8.22. The molecule has 0 aliphatic heterocycles. The van der Waals surface area contributed by atoms with E-state index in [1.807, 2.05) is 13.8 Å². The summed E-state index contributed by atoms with van der Waals surface area (Å²) in [5.74, 6) is 0.125. The second-order valence-corrected chi connectivity index (χ2v) is 2.89. The van der Waals surface area contributed by atoms with Gasteiger partial charge in [-0.15, -0.1) is 0 Å². The number of ether oxygens (including phenoxy) is 1. The Morgan fingerprint density at radius 2 is 2.25 bits per heavy atom. The molecule has 72 valence electrons. The molecule has 0 heterocycles. The minimum Gasteiger partial charge on any atom is -0.382 e. The Bertz CT molecular complexity index is 126. The van der Waals surface area contributed by atoms with Crippen molar-refractivity contribution in [1.82, 2.24) is 5.32 Å². The predicted octanol–water partition coefficient (Wildman–Crippen LogP) is 1.33. The molecule has 0 fully saturated rings. The molecular formula is C9H19NO2. The van der Waals surface area contributed by atoms with E-state index >= 15 is 0 Å². The molecule has 1 amide bonds. The van der Waals surface area contributed by atoms with Gasteiger partial charge in [0.1, 0.15) is 0 Å². The van der Waals surface area contributed by atoms with E-state index < -0.39 is 0 Å². The highest BCUT2D eigenvalue weighted by atomic mass is 16.5. The summed E-state index contributed by atoms with van der Waals surface area (Å²) in [4.78, 5) is 10.8. The first kappa shape index (κ1) is 11.4. The van der Waals surface area contributed by atoms with Crippen molar-refractivity contribution in [2.45, 2.75) is 39.2 Å². The highest BCUT2D eigenvalue weighted by Crippen LogP contribution is 1.98. The molecule has 0 radical (unpaired) electrons. The highest BCUT2D eigenvalue weighted by Gasteiger charge is 1.99. The van der Waals surface area contributed by atoms with E-state index in [1.54, 1.807) is 7.11 Å². The van der Waals surface area contributed by atoms with Gasteiger partial charge >= 0.3 is 0 Å². The maximum absolute atomic E-state index is 10.8. The summed E-state index contributed by atoms with van der Waals surface area (Å²) in [5.41, 5.74) is 0. The molecule has 0 spiro atoms. The molecule has 1 unspecified atom stereocenters. The van der Waals surface area contributed by atoms with Gasteiger partial charge in [-0.3, -0.25) is 4.79 Å². The lowest BCUT2D eigenvalue weighted by atomic mass is 10.2. The lowest BCUT2D eigenvalue weighted by Gasteiger charge is -2.08. The number of hydrogen-bond acceptors (Lipinski definition) is 2. The molecule has 12 heavy (non-hydrogen) atoms. The van der Waals surface area contributed by atoms with Gasteiger partial charge in [0.2, 0.25) is 5.91 Å². The highest BCUT2D eigenvalue weighted by molar-refractivity contribution is 5.75. The van der Waals surface area contributed by atoms with E-state index in [4.69, 9.17) is 4.74 Å². The van der Waals surface area contributed by atoms with Crippen molar-refractivity contribution in [1.29, 1.82) is 0 Å². The Morgan fingerprint density at radius 1 is 1.58 bits per heavy atom. The fourth-order valence-corrected chi connectivity index (χ4v) is 0.860. The van der Waals surface area contributed by atoms with Crippen molar-refractivity contribution in [3.63, 3.8) is 0 Å². The van der Waals surface area contributed by atoms with Gasteiger partial charge in [-0.05, 0) is 19.8 Å². The van der Waals surface area contributed by atoms with Gasteiger partial charge in [-0.2, -0.15) is 0 Å². The quantitative estimate of drug-likeness (QED) is 0.615. The summed E-state index contributed by atoms with van der Waals surface area (Å²) in [6, 6.07) is 0. The maximum Gasteiger partial charge on any atom is 0.219 e. The van der Waals surface area contributed by atoms with Crippen LogP contribution in [0.15, 0.2) is 0 Å². The number of nitrogens with one attached hydrogen (secondary N) is 1. The molecule has 0 saturated carbocycles. The van der Waals surface area contributed by atoms with Gasteiger partial charge in [0.25, 0.3) is 0 Å². The number of amides is 1. The Labute approximate surface area is 74.5 Å². The topological polar surface area (TPSA) is 38.3 Å². The molecule has 0 aromatic heterocycles. The summed E-state index contributed by atoms with van der Waals surface area (Å²) < 4.78 is 5.07. The van der Waals surface area contributed by atoms with E-state index in [2.05, 4.69) is 5.32 Å². The fourth-order valence-electron chi connectivity index (χ4n) is 0.860. The van der Waals surface area contributed by atoms with Gasteiger partial charge < -0.3 is 10.1 Å². The van der Waals surface area contributed by atoms with Crippen molar-refractivity contribution >= 4 is 5.91 Å². The van der Waals surface area contributed by atoms with Crippen molar-refractivity contribution in [2.75, 3.05) is 13.7 Å². The zero-order chi connectivity index (χ0) is 9.40. The average Bonchev–Trinajstić information content (AvgIpc) is 2.11. The molecule has 0 aliphatic carbocycles. The molecule has 0 aromatic rings. The minimum atomic E-state index is 0.125. The maximum atomic E-state index is 10.8. The van der Waals surface area contributed by atoms with Crippen LogP contribution in [0.1, 0.15) is 33.1 Å². The standard InChI is InChI=1S/C9H19NO2/c1-4-9(11)10-7-5-6-8(2)12-3/h8H,4-7H2,1-3H3,(H,10,11). The SMILES string of the molecule is CCC(=O)NCCCC(C)OC. The van der Waals surface area contributed by atoms with Crippen LogP contribution in [0.4, 0.5) is 0 Å². The molecule has 0 saturated heterocycles. The Kier molecular flexibility index (Phi) is 6.76. The van der Waals surface area contributed by atoms with E-state index in [0.717, 1.165) is 19.4 Å². The van der Waals surface area contributed by atoms with Crippen molar-refractivity contribution in [3.05, 3.63) is 0 Å². The lowest BCUT2D eigenvalue weighted by Crippen LogP contribution is -2.24. The van der Waals surface area contributed by atoms with Gasteiger partial charge in [-0.1, -0.05) is 6.92 Å². The normalized spacial score (nSPS) is 12.6. The van der Waals surface area contributed by atoms with Crippen molar-refractivity contribution in [2.24, 2.45) is 0 Å². The molecule has 0 rings (SSSR count). The minimum absolute atomic E-state index is 0.125. The van der Waals surface area contributed by atoms with Crippen LogP contribution in [-0.2, 0) is 9.53 Å². The van der Waals surface area contributed by atoms with Gasteiger partial charge in [0.15, 0.2) is 0 Å². The van der Waals surface area contributed by atoms with Gasteiger partial charge in [-0.25, -0.2) is 0 Å². The largest absolute Gasteiger partial charge is 0.382 e. The van der Waals surface area contributed by atoms with Gasteiger partial charge in [0.05, 0.1) is 6.10 Å². The number of carbonyl (C=O) groups excluding carboxylic acids is 1. The smallest absolute Gasteiger partial charge is 0.219 e. The summed E-state index contributed by atoms with van der Waals surface area (Å²) >= 11 is 0. The summed E-state index contributed by atoms with van der Waals surface area (Å²) in [7, 11) is 1.70. The van der Waals surface area contributed by atoms with Crippen molar-refractivity contribution in [3.8, 4) is 0 Å². The van der Waals surface area contributed by atoms with Crippen LogP contribution < -0.4 is 5.32 Å². The Hall–Kier alpha value is -0.570. The molecule has 0 aromatic carbocycles. The van der Waals surface area contributed by atoms with Crippen molar-refractivity contribution < 1.29 is 9.53 Å². The number of methoxy groups -OCH3 is 1. The summed E-state index contributed by atoms with van der Waals surface area (Å²) in [6.07, 6.45) is 2.85. The lowest BCUT2D eigenvalue weighted by molar-refractivity contribution is -0.120. The van der Waals surface area contributed by atoms with E-state index in [-0.39, 0.29) is 5.91 Å². The van der Waals surface area contributed by atoms with Crippen LogP contribution in [0.25, 0.3) is 0 Å². The van der Waals surface area contributed by atoms with Crippen LogP contribution in [-0.4, -0.2) is 25.7 Å². The molecule has 0 aliphatic rings. The molecule has 1 atom stereocenters. The Balaban J connectivity index is 3.15. The van der Waals surface area contributed by atoms with Crippen LogP contribution >= 0.6 is 0 Å². The second kappa shape index (κ2) is 7.10. The molecule has 3 nitrogen and oxygen atoms in total. The van der Waals surface area contributed by atoms with Crippen LogP contribution in [0.2, 0.25) is 0 Å². The van der Waals surface area contributed by atoms with Crippen LogP contribution in [0.5, 0.6) is 0 Å². The second-order valence-electron chi connectivity index (χ2n) is 2.89. The van der Waals surface area contributed by atoms with Crippen LogP contribution in [0, 0.1) is 0 Å². The first-order chi connectivity index (χ1) is 5.70. The zero-order valence-corrected chi connectivity index (χ0v) is 8.22. The summed E-state index contributed by atoms with van der Waals surface area (Å²) in [5, 5.41) is 2.82. The van der Waals surface area contributed by atoms with E-state index in [9.17, 15) is 4.79 Å². The number of rotatable bonds is 6. The molecular weight excluding hydrogens is 154 g/mol. The van der Waals surface area contributed by atoms with Gasteiger partial charge in [0, 0.05) is 20.1 Å². The summed E-state index contributed by atoms with van der Waals surface area (Å²) in [6.45, 7) is 4.65. The molecule has 0 bridgehead atoms. The third-order valence-electron chi connectivity index (χ3n) is 1.83. The predicted molar refractivity (Wildman–Crippen MR) is 49.0 cm³/mol. The van der Waals surface area contributed by atoms with E-state index in [1.165, 1.54) is 0 Å². The monoisotopic (exact) mass is 173 g/mol. The first-order valence-electron chi connectivity index (χ1n) is 4.50. The first-order valence-corrected chi connectivity index (χ1v) is 4.50. The fraction of sp³-hybridized carbons (Fsp3) is 0.889. The molecule has 3 heteroatoms. The van der Waals surface area contributed by atoms with E-state index in [0.29, 0.717) is 12.5 Å². The third-order valence-corrected chi connectivity index (χ3v) is 1.83. The Morgan fingerprint density at radius 3 is 2.75 bits per heavy atom. The average molecular weight is 173 g/mol. The third kappa shape index (κ3) is 6.16. The number of hydrogen-bond donors (Lipinski definition) is 1. The molecule has 1 N–H and O–H groups in total. The van der Waals surface area contributed by atoms with Crippen LogP contribution in [0.3, 0.4) is 0 Å². The number of carbonyl (C=O) groups is 1.